The largest absolute Gasteiger partial charge is 0.497 e. The zero-order valence-corrected chi connectivity index (χ0v) is 16.8. The Kier molecular flexibility index (Phi) is 6.16. The Morgan fingerprint density at radius 2 is 1.88 bits per heavy atom. The fraction of sp³-hybridized carbons (Fsp3) is 0.350. The Hall–Kier alpha value is -2.05. The van der Waals surface area contributed by atoms with E-state index in [0.29, 0.717) is 0 Å². The van der Waals surface area contributed by atoms with Crippen LogP contribution in [0.3, 0.4) is 0 Å². The lowest BCUT2D eigenvalue weighted by atomic mass is 10.2. The molecule has 2 aromatic rings. The van der Waals surface area contributed by atoms with Crippen LogP contribution in [-0.4, -0.2) is 45.2 Å². The molecule has 1 aliphatic rings. The molecule has 26 heavy (non-hydrogen) atoms. The zero-order chi connectivity index (χ0) is 18.5. The highest BCUT2D eigenvalue weighted by molar-refractivity contribution is 9.10. The number of hydrogen-bond acceptors (Lipinski definition) is 3. The summed E-state index contributed by atoms with van der Waals surface area (Å²) in [6, 6.07) is 15.8. The third-order valence-electron chi connectivity index (χ3n) is 4.94. The lowest BCUT2D eigenvalue weighted by Crippen LogP contribution is -3.19. The molecular weight excluding hydrogens is 394 g/mol. The lowest BCUT2D eigenvalue weighted by molar-refractivity contribution is -0.914. The lowest BCUT2D eigenvalue weighted by Gasteiger charge is -2.36. The van der Waals surface area contributed by atoms with Crippen molar-refractivity contribution in [2.45, 2.75) is 13.0 Å². The van der Waals surface area contributed by atoms with Crippen LogP contribution in [0.1, 0.15) is 6.92 Å². The average molecular weight is 419 g/mol. The Morgan fingerprint density at radius 3 is 2.50 bits per heavy atom. The van der Waals surface area contributed by atoms with Gasteiger partial charge in [-0.2, -0.15) is 0 Å². The number of nitrogens with zero attached hydrogens (tertiary/aromatic N) is 1. The molecule has 138 valence electrons. The van der Waals surface area contributed by atoms with E-state index in [4.69, 9.17) is 4.74 Å². The average Bonchev–Trinajstić information content (AvgIpc) is 2.67. The summed E-state index contributed by atoms with van der Waals surface area (Å²) in [6.45, 7) is 5.77. The fourth-order valence-electron chi connectivity index (χ4n) is 3.28. The molecule has 1 heterocycles. The molecule has 1 aliphatic heterocycles. The highest BCUT2D eigenvalue weighted by Crippen LogP contribution is 2.19. The predicted molar refractivity (Wildman–Crippen MR) is 108 cm³/mol. The number of anilines is 2. The molecule has 6 heteroatoms. The van der Waals surface area contributed by atoms with E-state index < -0.39 is 0 Å². The molecular formula is C20H25BrN3O2+. The van der Waals surface area contributed by atoms with E-state index in [1.165, 1.54) is 10.6 Å². The molecule has 1 fully saturated rings. The Morgan fingerprint density at radius 1 is 1.19 bits per heavy atom. The second kappa shape index (κ2) is 8.56. The molecule has 0 unspecified atom stereocenters. The van der Waals surface area contributed by atoms with Crippen molar-refractivity contribution in [2.75, 3.05) is 43.5 Å². The summed E-state index contributed by atoms with van der Waals surface area (Å²) >= 11 is 3.43. The molecule has 0 aliphatic carbocycles. The van der Waals surface area contributed by atoms with E-state index >= 15 is 0 Å². The van der Waals surface area contributed by atoms with E-state index in [0.717, 1.165) is 42.1 Å². The van der Waals surface area contributed by atoms with Crippen molar-refractivity contribution in [1.82, 2.24) is 0 Å². The predicted octanol–water partition coefficient (Wildman–Crippen LogP) is 2.19. The molecule has 5 nitrogen and oxygen atoms in total. The molecule has 1 amide bonds. The number of quaternary nitrogens is 1. The standard InChI is InChI=1S/C20H24BrN3O2/c1-15(20(25)22-17-5-3-4-16(21)14-17)23-10-12-24(13-11-23)18-6-8-19(26-2)9-7-18/h3-9,14-15H,10-13H2,1-2H3,(H,22,25)/p+1/t15-/m0/s1. The highest BCUT2D eigenvalue weighted by Gasteiger charge is 2.29. The SMILES string of the molecule is COc1ccc(N2CC[NH+]([C@@H](C)C(=O)Nc3cccc(Br)c3)CC2)cc1. The van der Waals surface area contributed by atoms with Gasteiger partial charge in [-0.05, 0) is 49.4 Å². The molecule has 3 rings (SSSR count). The number of methoxy groups -OCH3 is 1. The number of nitrogens with one attached hydrogen (secondary N) is 2. The van der Waals surface area contributed by atoms with Gasteiger partial charge in [0.25, 0.3) is 5.91 Å². The van der Waals surface area contributed by atoms with Crippen molar-refractivity contribution in [3.05, 3.63) is 53.0 Å². The first-order valence-corrected chi connectivity index (χ1v) is 9.66. The van der Waals surface area contributed by atoms with Crippen LogP contribution >= 0.6 is 15.9 Å². The summed E-state index contributed by atoms with van der Waals surface area (Å²) in [6.07, 6.45) is 0. The van der Waals surface area contributed by atoms with Crippen LogP contribution in [-0.2, 0) is 4.79 Å². The maximum absolute atomic E-state index is 12.6. The van der Waals surface area contributed by atoms with Crippen molar-refractivity contribution >= 4 is 33.2 Å². The van der Waals surface area contributed by atoms with E-state index in [1.807, 2.05) is 43.3 Å². The van der Waals surface area contributed by atoms with E-state index in [2.05, 4.69) is 38.3 Å². The van der Waals surface area contributed by atoms with Gasteiger partial charge in [-0.1, -0.05) is 22.0 Å². The molecule has 0 bridgehead atoms. The summed E-state index contributed by atoms with van der Waals surface area (Å²) < 4.78 is 6.18. The first-order chi connectivity index (χ1) is 12.6. The smallest absolute Gasteiger partial charge is 0.282 e. The van der Waals surface area contributed by atoms with Crippen molar-refractivity contribution in [2.24, 2.45) is 0 Å². The van der Waals surface area contributed by atoms with Crippen LogP contribution in [0.4, 0.5) is 11.4 Å². The normalized spacial score (nSPS) is 16.2. The van der Waals surface area contributed by atoms with Crippen LogP contribution in [0.15, 0.2) is 53.0 Å². The summed E-state index contributed by atoms with van der Waals surface area (Å²) in [5, 5.41) is 3.02. The zero-order valence-electron chi connectivity index (χ0n) is 15.2. The Labute approximate surface area is 163 Å². The van der Waals surface area contributed by atoms with Crippen molar-refractivity contribution in [3.8, 4) is 5.75 Å². The number of piperazine rings is 1. The van der Waals surface area contributed by atoms with Gasteiger partial charge >= 0.3 is 0 Å². The maximum atomic E-state index is 12.6. The Balaban J connectivity index is 1.54. The van der Waals surface area contributed by atoms with Gasteiger partial charge in [0.05, 0.1) is 33.3 Å². The van der Waals surface area contributed by atoms with Gasteiger partial charge in [0, 0.05) is 15.8 Å². The van der Waals surface area contributed by atoms with Crippen LogP contribution < -0.4 is 19.9 Å². The van der Waals surface area contributed by atoms with Crippen LogP contribution in [0.2, 0.25) is 0 Å². The van der Waals surface area contributed by atoms with Crippen LogP contribution in [0, 0.1) is 0 Å². The van der Waals surface area contributed by atoms with E-state index in [1.54, 1.807) is 7.11 Å². The molecule has 1 atom stereocenters. The van der Waals surface area contributed by atoms with Gasteiger partial charge in [0.2, 0.25) is 0 Å². The van der Waals surface area contributed by atoms with Crippen LogP contribution in [0.5, 0.6) is 5.75 Å². The van der Waals surface area contributed by atoms with Gasteiger partial charge in [-0.3, -0.25) is 4.79 Å². The van der Waals surface area contributed by atoms with Crippen molar-refractivity contribution < 1.29 is 14.4 Å². The van der Waals surface area contributed by atoms with Gasteiger partial charge in [-0.15, -0.1) is 0 Å². The second-order valence-corrected chi connectivity index (χ2v) is 7.48. The minimum Gasteiger partial charge on any atom is -0.497 e. The van der Waals surface area contributed by atoms with E-state index in [-0.39, 0.29) is 11.9 Å². The minimum atomic E-state index is -0.0769. The van der Waals surface area contributed by atoms with Crippen molar-refractivity contribution in [1.29, 1.82) is 0 Å². The number of halogens is 1. The third-order valence-corrected chi connectivity index (χ3v) is 5.43. The van der Waals surface area contributed by atoms with Gasteiger partial charge < -0.3 is 19.9 Å². The second-order valence-electron chi connectivity index (χ2n) is 6.56. The minimum absolute atomic E-state index is 0.0657. The summed E-state index contributed by atoms with van der Waals surface area (Å²) in [5.74, 6) is 0.937. The molecule has 0 radical (unpaired) electrons. The number of benzene rings is 2. The van der Waals surface area contributed by atoms with Gasteiger partial charge in [-0.25, -0.2) is 0 Å². The van der Waals surface area contributed by atoms with Crippen molar-refractivity contribution in [3.63, 3.8) is 0 Å². The number of carbonyl (C=O) groups excluding carboxylic acids is 1. The van der Waals surface area contributed by atoms with E-state index in [9.17, 15) is 4.79 Å². The summed E-state index contributed by atoms with van der Waals surface area (Å²) in [7, 11) is 1.68. The number of amides is 1. The van der Waals surface area contributed by atoms with Crippen LogP contribution in [0.25, 0.3) is 0 Å². The number of ether oxygens (including phenoxy) is 1. The maximum Gasteiger partial charge on any atom is 0.282 e. The third kappa shape index (κ3) is 4.56. The molecule has 2 N–H and O–H groups in total. The number of hydrogen-bond donors (Lipinski definition) is 2. The Bertz CT molecular complexity index is 743. The van der Waals surface area contributed by atoms with Gasteiger partial charge in [0.15, 0.2) is 6.04 Å². The molecule has 0 aromatic heterocycles. The fourth-order valence-corrected chi connectivity index (χ4v) is 3.68. The quantitative estimate of drug-likeness (QED) is 0.781. The summed E-state index contributed by atoms with van der Waals surface area (Å²) in [5.41, 5.74) is 2.03. The molecule has 0 spiro atoms. The summed E-state index contributed by atoms with van der Waals surface area (Å²) in [4.78, 5) is 16.3. The monoisotopic (exact) mass is 418 g/mol. The molecule has 1 saturated heterocycles. The topological polar surface area (TPSA) is 46.0 Å². The number of carbonyl (C=O) groups is 1. The molecule has 0 saturated carbocycles. The first-order valence-electron chi connectivity index (χ1n) is 8.87. The van der Waals surface area contributed by atoms with Gasteiger partial charge in [0.1, 0.15) is 5.75 Å². The highest BCUT2D eigenvalue weighted by atomic mass is 79.9. The first kappa shape index (κ1) is 18.7. The number of rotatable bonds is 5. The molecule has 2 aromatic carbocycles.